The zero-order chi connectivity index (χ0) is 24.7. The van der Waals surface area contributed by atoms with Gasteiger partial charge in [0.1, 0.15) is 26.2 Å². The number of hydrogen-bond acceptors (Lipinski definition) is 7. The summed E-state index contributed by atoms with van der Waals surface area (Å²) in [5.41, 5.74) is 0. The van der Waals surface area contributed by atoms with E-state index in [2.05, 4.69) is 60.9 Å². The molecule has 0 unspecified atom stereocenters. The van der Waals surface area contributed by atoms with E-state index in [-0.39, 0.29) is 26.4 Å². The third-order valence-corrected chi connectivity index (χ3v) is 4.98. The highest BCUT2D eigenvalue weighted by molar-refractivity contribution is 4.44. The zero-order valence-electron chi connectivity index (χ0n) is 20.9. The number of aliphatic hydroxyl groups is 4. The SMILES string of the molecule is CC[N+](CC)(CC)CC.C[N+](C)(C)C.OCC[N+](CCO)(CCO)CCO.OOO. The molecule has 0 rings (SSSR count). The van der Waals surface area contributed by atoms with E-state index in [1.165, 1.54) is 30.7 Å². The Morgan fingerprint density at radius 3 is 0.733 bits per heavy atom. The van der Waals surface area contributed by atoms with E-state index in [4.69, 9.17) is 30.9 Å². The van der Waals surface area contributed by atoms with E-state index in [1.54, 1.807) is 0 Å². The highest BCUT2D eigenvalue weighted by atomic mass is 17.4. The van der Waals surface area contributed by atoms with Gasteiger partial charge < -0.3 is 33.9 Å². The monoisotopic (exact) mass is 448 g/mol. The molecule has 10 heteroatoms. The zero-order valence-corrected chi connectivity index (χ0v) is 20.9. The lowest BCUT2D eigenvalue weighted by Crippen LogP contribution is -2.54. The van der Waals surface area contributed by atoms with Crippen molar-refractivity contribution in [2.24, 2.45) is 0 Å². The van der Waals surface area contributed by atoms with Crippen LogP contribution in [0, 0.1) is 0 Å². The Bertz CT molecular complexity index is 273. The number of aliphatic hydroxyl groups excluding tert-OH is 4. The summed E-state index contributed by atoms with van der Waals surface area (Å²) in [5.74, 6) is 0. The highest BCUT2D eigenvalue weighted by Crippen LogP contribution is 2.05. The van der Waals surface area contributed by atoms with E-state index < -0.39 is 0 Å². The molecule has 0 spiro atoms. The van der Waals surface area contributed by atoms with Crippen molar-refractivity contribution in [2.45, 2.75) is 27.7 Å². The normalized spacial score (nSPS) is 11.4. The average Bonchev–Trinajstić information content (AvgIpc) is 2.65. The third-order valence-electron chi connectivity index (χ3n) is 4.98. The quantitative estimate of drug-likeness (QED) is 0.140. The molecule has 10 nitrogen and oxygen atoms in total. The summed E-state index contributed by atoms with van der Waals surface area (Å²) in [7, 11) is 8.50. The minimum Gasteiger partial charge on any atom is -0.391 e. The van der Waals surface area contributed by atoms with Crippen LogP contribution in [0.5, 0.6) is 0 Å². The molecule has 0 aromatic carbocycles. The molecule has 6 N–H and O–H groups in total. The van der Waals surface area contributed by atoms with Crippen LogP contribution >= 0.6 is 0 Å². The van der Waals surface area contributed by atoms with Crippen molar-refractivity contribution in [2.75, 3.05) is 107 Å². The first-order valence-electron chi connectivity index (χ1n) is 10.8. The number of hydrogen-bond donors (Lipinski definition) is 6. The van der Waals surface area contributed by atoms with Crippen molar-refractivity contribution < 1.29 is 49.4 Å². The predicted octanol–water partition coefficient (Wildman–Crippen LogP) is -0.0734. The van der Waals surface area contributed by atoms with Crippen LogP contribution in [0.25, 0.3) is 0 Å². The van der Waals surface area contributed by atoms with Crippen LogP contribution in [0.4, 0.5) is 0 Å². The first kappa shape index (κ1) is 36.9. The lowest BCUT2D eigenvalue weighted by atomic mass is 10.3. The standard InChI is InChI=1S/C8H20NO4.C8H20N.C4H12N.H2O3/c10-5-1-9(2-6-11,3-7-12)4-8-13;1-5-9(6-2,7-3)8-4;1-5(2,3)4;1-3-2/h10-13H,1-8H2;5-8H2,1-4H3;1-4H3;1-2H/q3*+1;. The molecule has 0 amide bonds. The van der Waals surface area contributed by atoms with Gasteiger partial charge in [-0.2, -0.15) is 0 Å². The van der Waals surface area contributed by atoms with Crippen molar-refractivity contribution in [3.8, 4) is 0 Å². The first-order chi connectivity index (χ1) is 13.9. The smallest absolute Gasteiger partial charge is 0.102 e. The van der Waals surface area contributed by atoms with Crippen molar-refractivity contribution in [3.63, 3.8) is 0 Å². The van der Waals surface area contributed by atoms with Gasteiger partial charge >= 0.3 is 0 Å². The van der Waals surface area contributed by atoms with Gasteiger partial charge in [-0.25, -0.2) is 10.5 Å². The van der Waals surface area contributed by atoms with E-state index in [0.29, 0.717) is 30.7 Å². The van der Waals surface area contributed by atoms with Gasteiger partial charge in [0.2, 0.25) is 0 Å². The topological polar surface area (TPSA) is 131 Å². The average molecular weight is 449 g/mol. The molecule has 0 heterocycles. The maximum Gasteiger partial charge on any atom is 0.102 e. The van der Waals surface area contributed by atoms with Crippen LogP contribution in [-0.2, 0) is 5.04 Å². The molecule has 0 aliphatic rings. The molecule has 30 heavy (non-hydrogen) atoms. The summed E-state index contributed by atoms with van der Waals surface area (Å²) in [4.78, 5) is 0. The molecule has 0 aliphatic carbocycles. The molecule has 0 saturated carbocycles. The first-order valence-corrected chi connectivity index (χ1v) is 10.8. The van der Waals surface area contributed by atoms with Gasteiger partial charge in [-0.3, -0.25) is 0 Å². The molecule has 0 bridgehead atoms. The summed E-state index contributed by atoms with van der Waals surface area (Å²) in [6, 6.07) is 0. The number of quaternary nitrogens is 3. The fraction of sp³-hybridized carbons (Fsp3) is 1.00. The Morgan fingerprint density at radius 2 is 0.667 bits per heavy atom. The van der Waals surface area contributed by atoms with Crippen molar-refractivity contribution in [1.82, 2.24) is 0 Å². The molecule has 0 saturated heterocycles. The lowest BCUT2D eigenvalue weighted by Gasteiger charge is -2.36. The van der Waals surface area contributed by atoms with Crippen LogP contribution in [0.3, 0.4) is 0 Å². The van der Waals surface area contributed by atoms with Crippen molar-refractivity contribution in [3.05, 3.63) is 0 Å². The second kappa shape index (κ2) is 23.3. The molecule has 0 radical (unpaired) electrons. The highest BCUT2D eigenvalue weighted by Gasteiger charge is 2.24. The summed E-state index contributed by atoms with van der Waals surface area (Å²) < 4.78 is 2.65. The summed E-state index contributed by atoms with van der Waals surface area (Å²) in [5, 5.41) is 50.8. The Hall–Kier alpha value is -0.400. The maximum atomic E-state index is 8.82. The van der Waals surface area contributed by atoms with E-state index in [0.717, 1.165) is 4.48 Å². The summed E-state index contributed by atoms with van der Waals surface area (Å²) in [6.45, 7) is 16.1. The minimum atomic E-state index is 0. The van der Waals surface area contributed by atoms with Gasteiger partial charge in [0.15, 0.2) is 0 Å². The second-order valence-electron chi connectivity index (χ2n) is 8.50. The molecular weight excluding hydrogens is 394 g/mol. The molecule has 188 valence electrons. The number of rotatable bonds is 12. The minimum absolute atomic E-state index is 0. The van der Waals surface area contributed by atoms with Gasteiger partial charge in [0, 0.05) is 0 Å². The molecule has 0 atom stereocenters. The van der Waals surface area contributed by atoms with Crippen LogP contribution in [0.2, 0.25) is 0 Å². The van der Waals surface area contributed by atoms with Crippen LogP contribution in [-0.4, -0.2) is 151 Å². The van der Waals surface area contributed by atoms with Gasteiger partial charge in [0.25, 0.3) is 0 Å². The fourth-order valence-corrected chi connectivity index (χ4v) is 2.86. The van der Waals surface area contributed by atoms with Crippen LogP contribution in [0.1, 0.15) is 27.7 Å². The Balaban J connectivity index is -0.000000172. The Kier molecular flexibility index (Phi) is 28.7. The lowest BCUT2D eigenvalue weighted by molar-refractivity contribution is -0.929. The Morgan fingerprint density at radius 1 is 0.500 bits per heavy atom. The molecule has 0 aromatic heterocycles. The van der Waals surface area contributed by atoms with E-state index in [1.807, 2.05) is 0 Å². The largest absolute Gasteiger partial charge is 0.391 e. The van der Waals surface area contributed by atoms with Gasteiger partial charge in [0.05, 0.1) is 80.8 Å². The molecule has 0 aliphatic heterocycles. The van der Waals surface area contributed by atoms with Gasteiger partial charge in [-0.05, 0) is 27.7 Å². The molecule has 0 aromatic rings. The fourth-order valence-electron chi connectivity index (χ4n) is 2.86. The predicted molar refractivity (Wildman–Crippen MR) is 121 cm³/mol. The van der Waals surface area contributed by atoms with Crippen molar-refractivity contribution >= 4 is 0 Å². The molecule has 0 fully saturated rings. The third kappa shape index (κ3) is 25.6. The maximum absolute atomic E-state index is 8.82. The van der Waals surface area contributed by atoms with Crippen LogP contribution < -0.4 is 0 Å². The molecular formula is C20H54N3O7+3. The second-order valence-corrected chi connectivity index (χ2v) is 8.50. The van der Waals surface area contributed by atoms with Gasteiger partial charge in [-0.15, -0.1) is 0 Å². The van der Waals surface area contributed by atoms with E-state index in [9.17, 15) is 0 Å². The van der Waals surface area contributed by atoms with E-state index >= 15 is 0 Å². The summed E-state index contributed by atoms with van der Waals surface area (Å²) in [6.07, 6.45) is 0. The van der Waals surface area contributed by atoms with Crippen LogP contribution in [0.15, 0.2) is 0 Å². The summed E-state index contributed by atoms with van der Waals surface area (Å²) >= 11 is 0. The van der Waals surface area contributed by atoms with Crippen molar-refractivity contribution in [1.29, 1.82) is 0 Å². The number of nitrogens with zero attached hydrogens (tertiary/aromatic N) is 3. The van der Waals surface area contributed by atoms with Gasteiger partial charge in [-0.1, -0.05) is 5.04 Å². The Labute approximate surface area is 184 Å².